The van der Waals surface area contributed by atoms with Gasteiger partial charge in [0.05, 0.1) is 49.7 Å². The molecule has 13 atom stereocenters. The Morgan fingerprint density at radius 3 is 2.16 bits per heavy atom. The summed E-state index contributed by atoms with van der Waals surface area (Å²) in [5.41, 5.74) is 7.14. The highest BCUT2D eigenvalue weighted by Gasteiger charge is 2.50. The predicted molar refractivity (Wildman–Crippen MR) is 302 cm³/mol. The molecule has 3 saturated heterocycles. The number of fused-ring (bicyclic) bond motifs is 2. The average molecular weight is 1240 g/mol. The molecule has 0 bridgehead atoms. The third-order valence-corrected chi connectivity index (χ3v) is 15.3. The molecule has 3 aromatic carbocycles. The Bertz CT molecular complexity index is 3060. The number of hydrogen-bond acceptors (Lipinski definition) is 23. The lowest BCUT2D eigenvalue weighted by atomic mass is 9.98. The lowest BCUT2D eigenvalue weighted by Gasteiger charge is -2.33. The zero-order valence-electron chi connectivity index (χ0n) is 47.4. The highest BCUT2D eigenvalue weighted by atomic mass is 32.2. The summed E-state index contributed by atoms with van der Waals surface area (Å²) < 4.78 is 20.7. The number of primary amides is 1. The Morgan fingerprint density at radius 2 is 1.48 bits per heavy atom. The van der Waals surface area contributed by atoms with Crippen molar-refractivity contribution in [3.8, 4) is 39.8 Å². The first-order valence-electron chi connectivity index (χ1n) is 27.9. The number of nitrogens with two attached hydrogens (primary N) is 1. The minimum absolute atomic E-state index is 0.0106. The van der Waals surface area contributed by atoms with Gasteiger partial charge in [0.25, 0.3) is 18.2 Å². The van der Waals surface area contributed by atoms with Crippen molar-refractivity contribution in [3.63, 3.8) is 0 Å². The van der Waals surface area contributed by atoms with Crippen LogP contribution in [0.3, 0.4) is 0 Å². The van der Waals surface area contributed by atoms with Gasteiger partial charge in [-0.1, -0.05) is 59.4 Å². The molecule has 87 heavy (non-hydrogen) atoms. The molecular formula is C56H71N9O21S. The third-order valence-electron chi connectivity index (χ3n) is 14.9. The largest absolute Gasteiger partial charge is 0.504 e. The van der Waals surface area contributed by atoms with E-state index < -0.39 is 177 Å². The van der Waals surface area contributed by atoms with E-state index in [9.17, 15) is 74.1 Å². The smallest absolute Gasteiger partial charge is 0.261 e. The number of carbonyl (C=O) groups excluding carboxylic acids is 8. The van der Waals surface area contributed by atoms with Crippen molar-refractivity contribution in [1.29, 1.82) is 0 Å². The van der Waals surface area contributed by atoms with Gasteiger partial charge in [-0.15, -0.1) is 0 Å². The molecule has 7 rings (SSSR count). The van der Waals surface area contributed by atoms with Crippen LogP contribution in [0, 0.1) is 5.92 Å². The van der Waals surface area contributed by atoms with Crippen molar-refractivity contribution in [2.75, 3.05) is 26.2 Å². The van der Waals surface area contributed by atoms with Gasteiger partial charge in [-0.3, -0.25) is 38.4 Å². The summed E-state index contributed by atoms with van der Waals surface area (Å²) in [6, 6.07) is 6.72. The van der Waals surface area contributed by atoms with Gasteiger partial charge in [-0.05, 0) is 67.4 Å². The van der Waals surface area contributed by atoms with Crippen LogP contribution in [-0.2, 0) is 49.4 Å². The first-order chi connectivity index (χ1) is 41.5. The van der Waals surface area contributed by atoms with Crippen molar-refractivity contribution < 1.29 is 102 Å². The number of carbonyl (C=O) groups is 8. The number of β-amino-alcohol motifs (C(OH)–C–C–N with tert-alkyl or cyclic N) is 1. The first kappa shape index (κ1) is 66.5. The maximum atomic E-state index is 14.7. The number of aromatic hydroxyl groups is 1. The number of amides is 8. The highest BCUT2D eigenvalue weighted by Crippen LogP contribution is 2.32. The van der Waals surface area contributed by atoms with E-state index in [1.807, 2.05) is 24.3 Å². The molecule has 4 heterocycles. The topological polar surface area (TPSA) is 454 Å². The summed E-state index contributed by atoms with van der Waals surface area (Å²) in [6.45, 7) is 3.54. The molecule has 0 spiro atoms. The van der Waals surface area contributed by atoms with Crippen LogP contribution in [0.2, 0.25) is 0 Å². The van der Waals surface area contributed by atoms with Crippen LogP contribution in [-0.4, -0.2) is 202 Å². The second-order valence-electron chi connectivity index (χ2n) is 21.5. The molecule has 0 saturated carbocycles. The third kappa shape index (κ3) is 17.2. The molecule has 8 amide bonds. The maximum Gasteiger partial charge on any atom is 0.261 e. The molecule has 4 aromatic rings. The number of hydrogen-bond donors (Lipinski definition) is 14. The average Bonchev–Trinajstić information content (AvgIpc) is 2.66. The summed E-state index contributed by atoms with van der Waals surface area (Å²) in [5, 5.41) is 107. The lowest BCUT2D eigenvalue weighted by molar-refractivity contribution is -0.433. The van der Waals surface area contributed by atoms with Crippen molar-refractivity contribution in [2.24, 2.45) is 11.7 Å². The normalized spacial score (nSPS) is 25.4. The minimum Gasteiger partial charge on any atom is -0.504 e. The molecule has 472 valence electrons. The van der Waals surface area contributed by atoms with Gasteiger partial charge in [0, 0.05) is 67.6 Å². The summed E-state index contributed by atoms with van der Waals surface area (Å²) in [7, 11) is 0. The van der Waals surface area contributed by atoms with Gasteiger partial charge in [0.2, 0.25) is 41.4 Å². The molecule has 3 aliphatic rings. The van der Waals surface area contributed by atoms with Crippen LogP contribution in [0.5, 0.6) is 17.2 Å². The molecule has 0 aliphatic carbocycles. The number of nitrogens with one attached hydrogen (secondary N) is 5. The van der Waals surface area contributed by atoms with Crippen molar-refractivity contribution >= 4 is 59.6 Å². The zero-order valence-corrected chi connectivity index (χ0v) is 48.2. The Morgan fingerprint density at radius 1 is 0.805 bits per heavy atom. The fourth-order valence-electron chi connectivity index (χ4n) is 10.3. The van der Waals surface area contributed by atoms with Crippen LogP contribution in [0.25, 0.3) is 22.6 Å². The molecule has 30 nitrogen and oxygen atoms in total. The zero-order chi connectivity index (χ0) is 63.2. The van der Waals surface area contributed by atoms with Crippen LogP contribution in [0.4, 0.5) is 0 Å². The summed E-state index contributed by atoms with van der Waals surface area (Å²) in [4.78, 5) is 115. The maximum absolute atomic E-state index is 14.7. The van der Waals surface area contributed by atoms with Crippen molar-refractivity contribution in [1.82, 2.24) is 41.5 Å². The minimum atomic E-state index is -2.22. The van der Waals surface area contributed by atoms with Gasteiger partial charge in [-0.25, -0.2) is 5.26 Å². The van der Waals surface area contributed by atoms with Gasteiger partial charge in [0.1, 0.15) is 47.7 Å². The first-order valence-corrected chi connectivity index (χ1v) is 28.6. The number of rotatable bonds is 20. The summed E-state index contributed by atoms with van der Waals surface area (Å²) in [6.07, 6.45) is -10.6. The Labute approximate surface area is 501 Å². The molecule has 1 aromatic heterocycles. The summed E-state index contributed by atoms with van der Waals surface area (Å²) >= 11 is 0.0555. The molecule has 3 aliphatic heterocycles. The Balaban J connectivity index is 1.19. The number of phenolic OH excluding ortho intramolecular Hbond substituents is 1. The molecule has 0 radical (unpaired) electrons. The van der Waals surface area contributed by atoms with E-state index >= 15 is 0 Å². The lowest BCUT2D eigenvalue weighted by Crippen LogP contribution is -2.64. The SMILES string of the molecule is CCCCCOc1ccc(-c2cc(-c3ccc(C(=O)N[C@H]4CC(O)CNC(=O)C5C(O)C(C)CN5C(=O)C(C(O)CC(N)=O)NC(=O)C(C(O)Cc5ccc(O)c(OSOOO)c5)NC(=O)C5CC(O)CN5C(=O)C(C(C)O)NC4=O)cc3)no2)cc1. The van der Waals surface area contributed by atoms with Crippen molar-refractivity contribution in [2.45, 2.75) is 139 Å². The van der Waals surface area contributed by atoms with Gasteiger partial charge >= 0.3 is 0 Å². The highest BCUT2D eigenvalue weighted by molar-refractivity contribution is 7.90. The molecular weight excluding hydrogens is 1170 g/mol. The number of unbranched alkanes of at least 4 members (excludes halogenated alkanes) is 2. The fraction of sp³-hybridized carbons (Fsp3) is 0.482. The van der Waals surface area contributed by atoms with E-state index in [0.717, 1.165) is 53.7 Å². The Kier molecular flexibility index (Phi) is 23.4. The van der Waals surface area contributed by atoms with Gasteiger partial charge in [0.15, 0.2) is 17.3 Å². The molecule has 31 heteroatoms. The standard InChI is InChI=1S/C56H71N9O21S/c1-4-5-6-17-82-35-14-12-31(13-15-35)42-22-36(63-83-42)30-8-10-32(11-9-30)50(74)59-37-20-33(67)24-58-54(78)48-49(73)27(2)25-65(48)56(80)47(41(71)23-44(57)72)62-53(77)46(40(70)18-29-7-16-39(69)43(19-29)84-87-86-85-81)61-52(76)38-21-34(68)26-64(38)55(79)45(28(3)66)60-51(37)75/h7-16,19,22,27-28,33-34,37-38,40-41,45-49,66-71,73,81H,4-6,17-18,20-21,23-26H2,1-3H3,(H2,57,72)(H,58,78)(H,59,74)(H,60,75)(H,61,76)(H,62,77)/t27?,28?,33?,34?,37-,38?,40?,41?,45?,46?,47?,48?,49?/m0/s1. The number of aliphatic hydroxyl groups excluding tert-OH is 6. The van der Waals surface area contributed by atoms with E-state index in [1.54, 1.807) is 18.2 Å². The van der Waals surface area contributed by atoms with E-state index in [1.165, 1.54) is 25.1 Å². The van der Waals surface area contributed by atoms with Gasteiger partial charge in [-0.2, -0.15) is 0 Å². The number of ether oxygens (including phenoxy) is 1. The molecule has 15 N–H and O–H groups in total. The van der Waals surface area contributed by atoms with E-state index in [4.69, 9.17) is 24.4 Å². The van der Waals surface area contributed by atoms with Crippen LogP contribution >= 0.6 is 12.3 Å². The number of phenols is 1. The van der Waals surface area contributed by atoms with Crippen LogP contribution < -0.4 is 41.2 Å². The van der Waals surface area contributed by atoms with E-state index in [2.05, 4.69) is 48.0 Å². The monoisotopic (exact) mass is 1240 g/mol. The summed E-state index contributed by atoms with van der Waals surface area (Å²) in [5.74, 6) is -9.98. The number of aliphatic hydroxyl groups is 6. The second-order valence-corrected chi connectivity index (χ2v) is 21.9. The molecule has 3 fully saturated rings. The molecule has 12 unspecified atom stereocenters. The second kappa shape index (κ2) is 30.6. The number of aromatic nitrogens is 1. The van der Waals surface area contributed by atoms with Gasteiger partial charge < -0.3 is 91.3 Å². The predicted octanol–water partition coefficient (Wildman–Crippen LogP) is -1.53. The quantitative estimate of drug-likeness (QED) is 0.0207. The van der Waals surface area contributed by atoms with E-state index in [-0.39, 0.29) is 29.2 Å². The fourth-order valence-corrected chi connectivity index (χ4v) is 10.5. The van der Waals surface area contributed by atoms with E-state index in [0.29, 0.717) is 29.4 Å². The van der Waals surface area contributed by atoms with Crippen LogP contribution in [0.15, 0.2) is 77.3 Å². The number of benzene rings is 3. The van der Waals surface area contributed by atoms with Crippen molar-refractivity contribution in [3.05, 3.63) is 83.9 Å². The number of nitrogens with zero attached hydrogens (tertiary/aromatic N) is 3. The Hall–Kier alpha value is -7.98. The van der Waals surface area contributed by atoms with Crippen LogP contribution in [0.1, 0.15) is 75.2 Å².